The molecule has 2 aliphatic rings. The number of hydrogen-bond acceptors (Lipinski definition) is 6. The first-order valence-corrected chi connectivity index (χ1v) is 9.73. The molecule has 1 N–H and O–H groups in total. The molecule has 0 aromatic heterocycles. The molecule has 1 aromatic carbocycles. The minimum Gasteiger partial charge on any atom is -0.493 e. The van der Waals surface area contributed by atoms with E-state index >= 15 is 0 Å². The molecule has 0 bridgehead atoms. The molecule has 1 atom stereocenters. The third-order valence-corrected chi connectivity index (χ3v) is 5.09. The molecule has 0 unspecified atom stereocenters. The van der Waals surface area contributed by atoms with Gasteiger partial charge in [0.2, 0.25) is 0 Å². The normalized spacial score (nSPS) is 19.1. The van der Waals surface area contributed by atoms with Crippen molar-refractivity contribution in [3.8, 4) is 11.5 Å². The first kappa shape index (κ1) is 20.0. The molecule has 0 amide bonds. The van der Waals surface area contributed by atoms with Gasteiger partial charge < -0.3 is 19.5 Å². The van der Waals surface area contributed by atoms with Crippen LogP contribution in [0.25, 0.3) is 0 Å². The lowest BCUT2D eigenvalue weighted by atomic mass is 9.75. The Morgan fingerprint density at radius 2 is 1.96 bits per heavy atom. The molecule has 28 heavy (non-hydrogen) atoms. The maximum atomic E-state index is 12.8. The van der Waals surface area contributed by atoms with E-state index in [9.17, 15) is 9.59 Å². The van der Waals surface area contributed by atoms with Gasteiger partial charge in [0.25, 0.3) is 0 Å². The van der Waals surface area contributed by atoms with Crippen LogP contribution in [0, 0.1) is 0 Å². The van der Waals surface area contributed by atoms with Gasteiger partial charge in [-0.2, -0.15) is 0 Å². The summed E-state index contributed by atoms with van der Waals surface area (Å²) in [7, 11) is 1.58. The second-order valence-electron chi connectivity index (χ2n) is 6.83. The Kier molecular flexibility index (Phi) is 6.07. The minimum absolute atomic E-state index is 0.0703. The van der Waals surface area contributed by atoms with Gasteiger partial charge in [0.1, 0.15) is 0 Å². The van der Waals surface area contributed by atoms with Crippen molar-refractivity contribution in [2.45, 2.75) is 46.0 Å². The maximum Gasteiger partial charge on any atom is 0.336 e. The summed E-state index contributed by atoms with van der Waals surface area (Å²) < 4.78 is 16.4. The smallest absolute Gasteiger partial charge is 0.336 e. The summed E-state index contributed by atoms with van der Waals surface area (Å²) in [6.07, 6.45) is 2.09. The van der Waals surface area contributed by atoms with Crippen LogP contribution in [0.5, 0.6) is 11.5 Å². The van der Waals surface area contributed by atoms with Crippen LogP contribution in [0.3, 0.4) is 0 Å². The summed E-state index contributed by atoms with van der Waals surface area (Å²) in [5, 5.41) is 3.28. The van der Waals surface area contributed by atoms with Crippen LogP contribution in [-0.4, -0.2) is 32.1 Å². The van der Waals surface area contributed by atoms with Crippen LogP contribution >= 0.6 is 0 Å². The molecule has 150 valence electrons. The first-order chi connectivity index (χ1) is 13.5. The Morgan fingerprint density at radius 3 is 2.64 bits per heavy atom. The van der Waals surface area contributed by atoms with Crippen molar-refractivity contribution < 1.29 is 23.8 Å². The number of dihydropyridines is 1. The Balaban J connectivity index is 2.16. The van der Waals surface area contributed by atoms with Crippen molar-refractivity contribution in [1.82, 2.24) is 5.32 Å². The maximum absolute atomic E-state index is 12.8. The number of nitrogens with one attached hydrogen (secondary N) is 1. The highest BCUT2D eigenvalue weighted by Gasteiger charge is 2.39. The predicted octanol–water partition coefficient (Wildman–Crippen LogP) is 3.62. The average molecular weight is 385 g/mol. The largest absolute Gasteiger partial charge is 0.493 e. The number of ketones is 1. The Bertz CT molecular complexity index is 852. The molecule has 1 heterocycles. The lowest BCUT2D eigenvalue weighted by molar-refractivity contribution is -0.138. The van der Waals surface area contributed by atoms with Crippen LogP contribution in [-0.2, 0) is 14.3 Å². The number of ether oxygens (including phenoxy) is 3. The number of hydrogen-bond donors (Lipinski definition) is 1. The van der Waals surface area contributed by atoms with Gasteiger partial charge in [0, 0.05) is 29.3 Å². The summed E-state index contributed by atoms with van der Waals surface area (Å²) in [5.41, 5.74) is 3.57. The van der Waals surface area contributed by atoms with E-state index in [4.69, 9.17) is 14.2 Å². The molecule has 6 heteroatoms. The van der Waals surface area contributed by atoms with E-state index in [1.165, 1.54) is 0 Å². The standard InChI is InChI=1S/C22H27NO5/c1-5-27-17-11-10-14(12-18(17)26-4)20-19(22(25)28-6-2)13(3)23-15-8-7-9-16(24)21(15)20/h10-12,20,23H,5-9H2,1-4H3/t20-/m0/s1. The van der Waals surface area contributed by atoms with Gasteiger partial charge in [0.05, 0.1) is 25.9 Å². The highest BCUT2D eigenvalue weighted by molar-refractivity contribution is 6.03. The van der Waals surface area contributed by atoms with Crippen LogP contribution in [0.2, 0.25) is 0 Å². The third kappa shape index (κ3) is 3.63. The molecule has 1 aliphatic heterocycles. The van der Waals surface area contributed by atoms with E-state index in [0.29, 0.717) is 35.7 Å². The Morgan fingerprint density at radius 1 is 1.18 bits per heavy atom. The number of carbonyl (C=O) groups is 2. The predicted molar refractivity (Wildman–Crippen MR) is 105 cm³/mol. The summed E-state index contributed by atoms with van der Waals surface area (Å²) in [6, 6.07) is 5.56. The van der Waals surface area contributed by atoms with Crippen LogP contribution in [0.1, 0.15) is 51.5 Å². The SMILES string of the molecule is CCOC(=O)C1=C(C)NC2=C(C(=O)CCC2)[C@H]1c1ccc(OCC)c(OC)c1. The zero-order chi connectivity index (χ0) is 20.3. The molecule has 0 fully saturated rings. The fraction of sp³-hybridized carbons (Fsp3) is 0.455. The lowest BCUT2D eigenvalue weighted by Gasteiger charge is -2.34. The van der Waals surface area contributed by atoms with E-state index in [1.54, 1.807) is 14.0 Å². The monoisotopic (exact) mass is 385 g/mol. The quantitative estimate of drug-likeness (QED) is 0.754. The second-order valence-corrected chi connectivity index (χ2v) is 6.83. The van der Waals surface area contributed by atoms with Crippen molar-refractivity contribution >= 4 is 11.8 Å². The number of carbonyl (C=O) groups excluding carboxylic acids is 2. The zero-order valence-electron chi connectivity index (χ0n) is 16.9. The Labute approximate surface area is 165 Å². The molecule has 0 spiro atoms. The first-order valence-electron chi connectivity index (χ1n) is 9.73. The van der Waals surface area contributed by atoms with E-state index in [2.05, 4.69) is 5.32 Å². The van der Waals surface area contributed by atoms with Crippen molar-refractivity contribution in [3.63, 3.8) is 0 Å². The van der Waals surface area contributed by atoms with Gasteiger partial charge in [-0.15, -0.1) is 0 Å². The van der Waals surface area contributed by atoms with Gasteiger partial charge in [-0.25, -0.2) is 4.79 Å². The topological polar surface area (TPSA) is 73.9 Å². The Hall–Kier alpha value is -2.76. The van der Waals surface area contributed by atoms with Crippen molar-refractivity contribution in [1.29, 1.82) is 0 Å². The number of benzene rings is 1. The molecular formula is C22H27NO5. The van der Waals surface area contributed by atoms with Gasteiger partial charge in [0.15, 0.2) is 17.3 Å². The molecular weight excluding hydrogens is 358 g/mol. The van der Waals surface area contributed by atoms with Gasteiger partial charge in [-0.3, -0.25) is 4.79 Å². The highest BCUT2D eigenvalue weighted by Crippen LogP contribution is 2.44. The van der Waals surface area contributed by atoms with Crippen LogP contribution in [0.15, 0.2) is 40.7 Å². The lowest BCUT2D eigenvalue weighted by Crippen LogP contribution is -2.34. The fourth-order valence-corrected chi connectivity index (χ4v) is 3.93. The fourth-order valence-electron chi connectivity index (χ4n) is 3.93. The summed E-state index contributed by atoms with van der Waals surface area (Å²) in [4.78, 5) is 25.6. The van der Waals surface area contributed by atoms with Crippen molar-refractivity contribution in [2.75, 3.05) is 20.3 Å². The van der Waals surface area contributed by atoms with E-state index in [1.807, 2.05) is 32.0 Å². The van der Waals surface area contributed by atoms with Gasteiger partial charge >= 0.3 is 5.97 Å². The van der Waals surface area contributed by atoms with Gasteiger partial charge in [-0.1, -0.05) is 6.07 Å². The number of Topliss-reactive ketones (excluding diaryl/α,β-unsaturated/α-hetero) is 1. The third-order valence-electron chi connectivity index (χ3n) is 5.09. The summed E-state index contributed by atoms with van der Waals surface area (Å²) >= 11 is 0. The summed E-state index contributed by atoms with van der Waals surface area (Å²) in [5.74, 6) is 0.387. The molecule has 1 aliphatic carbocycles. The molecule has 0 radical (unpaired) electrons. The second kappa shape index (κ2) is 8.50. The average Bonchev–Trinajstić information content (AvgIpc) is 2.67. The summed E-state index contributed by atoms with van der Waals surface area (Å²) in [6.45, 7) is 6.32. The minimum atomic E-state index is -0.479. The molecule has 0 saturated heterocycles. The number of rotatable bonds is 6. The molecule has 0 saturated carbocycles. The van der Waals surface area contributed by atoms with Crippen LogP contribution < -0.4 is 14.8 Å². The van der Waals surface area contributed by atoms with Crippen molar-refractivity contribution in [2.24, 2.45) is 0 Å². The zero-order valence-corrected chi connectivity index (χ0v) is 16.9. The number of methoxy groups -OCH3 is 1. The van der Waals surface area contributed by atoms with E-state index in [-0.39, 0.29) is 12.4 Å². The number of allylic oxidation sites excluding steroid dienone is 3. The van der Waals surface area contributed by atoms with Gasteiger partial charge in [-0.05, 0) is 51.3 Å². The molecule has 1 aromatic rings. The molecule has 3 rings (SSSR count). The number of esters is 1. The van der Waals surface area contributed by atoms with Crippen molar-refractivity contribution in [3.05, 3.63) is 46.3 Å². The molecule has 6 nitrogen and oxygen atoms in total. The highest BCUT2D eigenvalue weighted by atomic mass is 16.5. The van der Waals surface area contributed by atoms with E-state index in [0.717, 1.165) is 29.8 Å². The van der Waals surface area contributed by atoms with E-state index < -0.39 is 11.9 Å². The van der Waals surface area contributed by atoms with Crippen LogP contribution in [0.4, 0.5) is 0 Å².